The minimum absolute atomic E-state index is 0.372. The molecule has 3 rings (SSSR count). The Morgan fingerprint density at radius 1 is 1.11 bits per heavy atom. The van der Waals surface area contributed by atoms with E-state index in [1.807, 2.05) is 30.3 Å². The Labute approximate surface area is 166 Å². The van der Waals surface area contributed by atoms with Crippen LogP contribution in [0.2, 0.25) is 0 Å². The lowest BCUT2D eigenvalue weighted by molar-refractivity contribution is -0.143. The predicted octanol–water partition coefficient (Wildman–Crippen LogP) is 4.78. The molecule has 0 radical (unpaired) electrons. The van der Waals surface area contributed by atoms with E-state index in [4.69, 9.17) is 4.74 Å². The first-order chi connectivity index (χ1) is 13.4. The molecule has 28 heavy (non-hydrogen) atoms. The highest BCUT2D eigenvalue weighted by Gasteiger charge is 2.30. The van der Waals surface area contributed by atoms with E-state index in [0.29, 0.717) is 23.8 Å². The Morgan fingerprint density at radius 2 is 1.82 bits per heavy atom. The number of aliphatic carboxylic acids is 1. The van der Waals surface area contributed by atoms with E-state index in [9.17, 15) is 14.7 Å². The van der Waals surface area contributed by atoms with Crippen LogP contribution in [0.5, 0.6) is 5.75 Å². The minimum Gasteiger partial charge on any atom is -0.492 e. The van der Waals surface area contributed by atoms with Gasteiger partial charge in [0.15, 0.2) is 0 Å². The number of fused-ring (bicyclic) bond motifs is 1. The fourth-order valence-corrected chi connectivity index (χ4v) is 3.79. The first-order valence-corrected chi connectivity index (χ1v) is 10.1. The van der Waals surface area contributed by atoms with Gasteiger partial charge in [0.1, 0.15) is 11.3 Å². The van der Waals surface area contributed by atoms with Crippen molar-refractivity contribution in [2.75, 3.05) is 6.61 Å². The summed E-state index contributed by atoms with van der Waals surface area (Å²) in [5.74, 6) is -0.299. The lowest BCUT2D eigenvalue weighted by Gasteiger charge is -2.23. The van der Waals surface area contributed by atoms with E-state index in [2.05, 4.69) is 5.32 Å². The van der Waals surface area contributed by atoms with Gasteiger partial charge in [-0.15, -0.1) is 0 Å². The fourth-order valence-electron chi connectivity index (χ4n) is 3.79. The van der Waals surface area contributed by atoms with Crippen LogP contribution in [0, 0.1) is 5.92 Å². The monoisotopic (exact) mass is 383 g/mol. The van der Waals surface area contributed by atoms with Crippen molar-refractivity contribution in [2.24, 2.45) is 5.92 Å². The maximum absolute atomic E-state index is 12.8. The van der Waals surface area contributed by atoms with Crippen LogP contribution in [0.3, 0.4) is 0 Å². The van der Waals surface area contributed by atoms with Crippen molar-refractivity contribution in [1.29, 1.82) is 0 Å². The number of carbonyl (C=O) groups is 2. The Kier molecular flexibility index (Phi) is 6.22. The Morgan fingerprint density at radius 3 is 2.54 bits per heavy atom. The van der Waals surface area contributed by atoms with E-state index in [-0.39, 0.29) is 0 Å². The zero-order valence-electron chi connectivity index (χ0n) is 16.7. The number of benzene rings is 2. The summed E-state index contributed by atoms with van der Waals surface area (Å²) >= 11 is 0. The van der Waals surface area contributed by atoms with Crippen LogP contribution in [-0.2, 0) is 4.79 Å². The number of nitrogens with one attached hydrogen (secondary N) is 1. The van der Waals surface area contributed by atoms with Crippen molar-refractivity contribution in [1.82, 2.24) is 5.32 Å². The number of rotatable bonds is 7. The fraction of sp³-hybridized carbons (Fsp3) is 0.478. The third-order valence-corrected chi connectivity index (χ3v) is 5.58. The highest BCUT2D eigenvalue weighted by Crippen LogP contribution is 2.32. The number of ether oxygens (including phenoxy) is 1. The maximum Gasteiger partial charge on any atom is 0.328 e. The van der Waals surface area contributed by atoms with Crippen molar-refractivity contribution in [2.45, 2.75) is 57.9 Å². The standard InChI is InChI=1S/C23H29NO4/c1-23(2,22(26)27)24-21(25)19-13-12-17-10-6-7-11-18(17)20(19)28-15-14-16-8-4-3-5-9-16/h6-7,10-13,16H,3-5,8-9,14-15H2,1-2H3,(H,24,25)(H,26,27). The summed E-state index contributed by atoms with van der Waals surface area (Å²) in [4.78, 5) is 24.2. The molecule has 150 valence electrons. The van der Waals surface area contributed by atoms with Crippen LogP contribution >= 0.6 is 0 Å². The van der Waals surface area contributed by atoms with Crippen molar-refractivity contribution < 1.29 is 19.4 Å². The maximum atomic E-state index is 12.8. The average Bonchev–Trinajstić information content (AvgIpc) is 2.68. The molecule has 1 saturated carbocycles. The van der Waals surface area contributed by atoms with Gasteiger partial charge in [-0.25, -0.2) is 4.79 Å². The highest BCUT2D eigenvalue weighted by atomic mass is 16.5. The topological polar surface area (TPSA) is 75.6 Å². The number of hydrogen-bond acceptors (Lipinski definition) is 3. The zero-order chi connectivity index (χ0) is 20.1. The Bertz CT molecular complexity index is 853. The Balaban J connectivity index is 1.83. The summed E-state index contributed by atoms with van der Waals surface area (Å²) < 4.78 is 6.14. The number of carboxylic acid groups (broad SMARTS) is 1. The number of amides is 1. The van der Waals surface area contributed by atoms with Crippen molar-refractivity contribution in [3.05, 3.63) is 42.0 Å². The molecule has 1 aliphatic rings. The quantitative estimate of drug-likeness (QED) is 0.721. The van der Waals surface area contributed by atoms with E-state index in [1.54, 1.807) is 6.07 Å². The second-order valence-electron chi connectivity index (χ2n) is 8.19. The van der Waals surface area contributed by atoms with Crippen molar-refractivity contribution in [3.63, 3.8) is 0 Å². The third kappa shape index (κ3) is 4.64. The van der Waals surface area contributed by atoms with Gasteiger partial charge >= 0.3 is 5.97 Å². The molecule has 1 aliphatic carbocycles. The van der Waals surface area contributed by atoms with Gasteiger partial charge in [0.2, 0.25) is 0 Å². The van der Waals surface area contributed by atoms with Gasteiger partial charge in [0, 0.05) is 5.39 Å². The molecular weight excluding hydrogens is 354 g/mol. The second kappa shape index (κ2) is 8.63. The molecule has 0 atom stereocenters. The lowest BCUT2D eigenvalue weighted by atomic mass is 9.87. The molecule has 0 saturated heterocycles. The number of hydrogen-bond donors (Lipinski definition) is 2. The molecule has 1 fully saturated rings. The van der Waals surface area contributed by atoms with Crippen LogP contribution in [0.15, 0.2) is 36.4 Å². The van der Waals surface area contributed by atoms with Gasteiger partial charge in [-0.05, 0) is 37.6 Å². The Hall–Kier alpha value is -2.56. The van der Waals surface area contributed by atoms with Gasteiger partial charge in [-0.3, -0.25) is 4.79 Å². The van der Waals surface area contributed by atoms with E-state index >= 15 is 0 Å². The lowest BCUT2D eigenvalue weighted by Crippen LogP contribution is -2.49. The predicted molar refractivity (Wildman–Crippen MR) is 110 cm³/mol. The normalized spacial score (nSPS) is 15.4. The third-order valence-electron chi connectivity index (χ3n) is 5.58. The number of carbonyl (C=O) groups excluding carboxylic acids is 1. The highest BCUT2D eigenvalue weighted by molar-refractivity contribution is 6.05. The van der Waals surface area contributed by atoms with Gasteiger partial charge in [0.05, 0.1) is 12.2 Å². The van der Waals surface area contributed by atoms with Crippen LogP contribution in [0.25, 0.3) is 10.8 Å². The summed E-state index contributed by atoms with van der Waals surface area (Å²) in [6.07, 6.45) is 7.38. The van der Waals surface area contributed by atoms with Crippen molar-refractivity contribution in [3.8, 4) is 5.75 Å². The van der Waals surface area contributed by atoms with Gasteiger partial charge in [-0.2, -0.15) is 0 Å². The van der Waals surface area contributed by atoms with E-state index < -0.39 is 17.4 Å². The van der Waals surface area contributed by atoms with Crippen LogP contribution < -0.4 is 10.1 Å². The van der Waals surface area contributed by atoms with Crippen LogP contribution in [-0.4, -0.2) is 29.1 Å². The molecule has 2 aromatic carbocycles. The molecular formula is C23H29NO4. The first kappa shape index (κ1) is 20.2. The van der Waals surface area contributed by atoms with Gasteiger partial charge < -0.3 is 15.2 Å². The molecule has 0 heterocycles. The number of carboxylic acids is 1. The summed E-state index contributed by atoms with van der Waals surface area (Å²) in [6, 6.07) is 11.4. The molecule has 5 heteroatoms. The minimum atomic E-state index is -1.36. The largest absolute Gasteiger partial charge is 0.492 e. The average molecular weight is 383 g/mol. The molecule has 5 nitrogen and oxygen atoms in total. The van der Waals surface area contributed by atoms with E-state index in [1.165, 1.54) is 46.0 Å². The molecule has 2 N–H and O–H groups in total. The molecule has 0 unspecified atom stereocenters. The SMILES string of the molecule is CC(C)(NC(=O)c1ccc2ccccc2c1OCCC1CCCCC1)C(=O)O. The molecule has 0 spiro atoms. The molecule has 0 aliphatic heterocycles. The van der Waals surface area contributed by atoms with Gasteiger partial charge in [0.25, 0.3) is 5.91 Å². The van der Waals surface area contributed by atoms with Crippen LogP contribution in [0.4, 0.5) is 0 Å². The van der Waals surface area contributed by atoms with Crippen molar-refractivity contribution >= 4 is 22.6 Å². The van der Waals surface area contributed by atoms with Gasteiger partial charge in [-0.1, -0.05) is 62.4 Å². The smallest absolute Gasteiger partial charge is 0.328 e. The first-order valence-electron chi connectivity index (χ1n) is 10.1. The summed E-state index contributed by atoms with van der Waals surface area (Å²) in [7, 11) is 0. The summed E-state index contributed by atoms with van der Waals surface area (Å²) in [5, 5.41) is 13.8. The van der Waals surface area contributed by atoms with E-state index in [0.717, 1.165) is 17.2 Å². The second-order valence-corrected chi connectivity index (χ2v) is 8.19. The molecule has 1 amide bonds. The zero-order valence-corrected chi connectivity index (χ0v) is 16.7. The molecule has 0 aromatic heterocycles. The molecule has 0 bridgehead atoms. The summed E-state index contributed by atoms with van der Waals surface area (Å²) in [5.41, 5.74) is -0.987. The van der Waals surface area contributed by atoms with Crippen LogP contribution in [0.1, 0.15) is 62.7 Å². The summed E-state index contributed by atoms with van der Waals surface area (Å²) in [6.45, 7) is 3.50. The molecule has 2 aromatic rings.